The Balaban J connectivity index is 1.67. The monoisotopic (exact) mass is 192 g/mol. The topological polar surface area (TPSA) is 34.1 Å². The van der Waals surface area contributed by atoms with E-state index < -0.39 is 0 Å². The number of nitrogens with zero attached hydrogens (tertiary/aromatic N) is 1. The molecule has 0 amide bonds. The maximum absolute atomic E-state index is 5.58. The van der Waals surface area contributed by atoms with Crippen molar-refractivity contribution in [3.8, 4) is 0 Å². The molecule has 14 heavy (non-hydrogen) atoms. The zero-order valence-corrected chi connectivity index (χ0v) is 8.28. The van der Waals surface area contributed by atoms with E-state index in [-0.39, 0.29) is 0 Å². The van der Waals surface area contributed by atoms with Gasteiger partial charge < -0.3 is 10.1 Å². The normalized spacial score (nSPS) is 21.3. The molecule has 0 saturated carbocycles. The van der Waals surface area contributed by atoms with Gasteiger partial charge in [0.15, 0.2) is 0 Å². The van der Waals surface area contributed by atoms with Gasteiger partial charge in [-0.3, -0.25) is 4.98 Å². The summed E-state index contributed by atoms with van der Waals surface area (Å²) in [6.07, 6.45) is 4.31. The van der Waals surface area contributed by atoms with Crippen LogP contribution in [0.5, 0.6) is 0 Å². The zero-order valence-electron chi connectivity index (χ0n) is 8.28. The van der Waals surface area contributed by atoms with Gasteiger partial charge in [-0.15, -0.1) is 0 Å². The smallest absolute Gasteiger partial charge is 0.0888 e. The molecule has 2 heterocycles. The number of pyridine rings is 1. The number of nitrogens with one attached hydrogen (secondary N) is 1. The van der Waals surface area contributed by atoms with Crippen LogP contribution >= 0.6 is 0 Å². The van der Waals surface area contributed by atoms with Crippen molar-refractivity contribution in [2.24, 2.45) is 0 Å². The fourth-order valence-electron chi connectivity index (χ4n) is 1.69. The molecule has 1 aromatic heterocycles. The van der Waals surface area contributed by atoms with Gasteiger partial charge in [-0.25, -0.2) is 0 Å². The molecule has 1 fully saturated rings. The third-order valence-corrected chi connectivity index (χ3v) is 2.46. The van der Waals surface area contributed by atoms with Crippen LogP contribution in [0.25, 0.3) is 0 Å². The van der Waals surface area contributed by atoms with Gasteiger partial charge in [0, 0.05) is 12.2 Å². The van der Waals surface area contributed by atoms with E-state index in [9.17, 15) is 0 Å². The van der Waals surface area contributed by atoms with E-state index in [0.717, 1.165) is 18.8 Å². The Morgan fingerprint density at radius 1 is 1.50 bits per heavy atom. The molecule has 0 aromatic carbocycles. The number of ether oxygens (including phenoxy) is 1. The SMILES string of the molecule is c1ccc(COC[C@@H]2CCCN2)nc1. The lowest BCUT2D eigenvalue weighted by molar-refractivity contribution is 0.101. The molecular weight excluding hydrogens is 176 g/mol. The first-order valence-corrected chi connectivity index (χ1v) is 5.16. The summed E-state index contributed by atoms with van der Waals surface area (Å²) in [6.45, 7) is 2.56. The minimum atomic E-state index is 0.554. The largest absolute Gasteiger partial charge is 0.374 e. The van der Waals surface area contributed by atoms with Crippen LogP contribution < -0.4 is 5.32 Å². The second-order valence-corrected chi connectivity index (χ2v) is 3.63. The van der Waals surface area contributed by atoms with Gasteiger partial charge in [0.1, 0.15) is 0 Å². The first kappa shape index (κ1) is 9.62. The fraction of sp³-hybridized carbons (Fsp3) is 0.545. The van der Waals surface area contributed by atoms with E-state index in [1.165, 1.54) is 12.8 Å². The molecule has 1 saturated heterocycles. The summed E-state index contributed by atoms with van der Waals surface area (Å²) < 4.78 is 5.58. The highest BCUT2D eigenvalue weighted by molar-refractivity contribution is 5.01. The van der Waals surface area contributed by atoms with Gasteiger partial charge >= 0.3 is 0 Å². The molecule has 3 nitrogen and oxygen atoms in total. The van der Waals surface area contributed by atoms with Crippen LogP contribution in [-0.4, -0.2) is 24.2 Å². The van der Waals surface area contributed by atoms with E-state index in [0.29, 0.717) is 12.6 Å². The third kappa shape index (κ3) is 2.79. The average Bonchev–Trinajstić information content (AvgIpc) is 2.72. The Labute approximate surface area is 84.5 Å². The lowest BCUT2D eigenvalue weighted by atomic mass is 10.2. The van der Waals surface area contributed by atoms with E-state index >= 15 is 0 Å². The Hall–Kier alpha value is -0.930. The molecule has 3 heteroatoms. The highest BCUT2D eigenvalue weighted by Crippen LogP contribution is 2.06. The molecule has 1 atom stereocenters. The molecule has 0 radical (unpaired) electrons. The van der Waals surface area contributed by atoms with E-state index in [1.807, 2.05) is 18.2 Å². The van der Waals surface area contributed by atoms with Crippen molar-refractivity contribution in [1.29, 1.82) is 0 Å². The Morgan fingerprint density at radius 3 is 3.21 bits per heavy atom. The zero-order chi connectivity index (χ0) is 9.64. The predicted molar refractivity (Wildman–Crippen MR) is 54.9 cm³/mol. The molecule has 1 N–H and O–H groups in total. The van der Waals surface area contributed by atoms with Crippen LogP contribution in [-0.2, 0) is 11.3 Å². The van der Waals surface area contributed by atoms with Crippen molar-refractivity contribution >= 4 is 0 Å². The number of aromatic nitrogens is 1. The summed E-state index contributed by atoms with van der Waals surface area (Å²) in [5.41, 5.74) is 1.01. The van der Waals surface area contributed by atoms with Crippen LogP contribution in [0.3, 0.4) is 0 Å². The van der Waals surface area contributed by atoms with Crippen molar-refractivity contribution in [2.45, 2.75) is 25.5 Å². The first-order valence-electron chi connectivity index (χ1n) is 5.16. The molecule has 0 aliphatic carbocycles. The summed E-state index contributed by atoms with van der Waals surface area (Å²) in [7, 11) is 0. The molecule has 1 aliphatic heterocycles. The average molecular weight is 192 g/mol. The van der Waals surface area contributed by atoms with Gasteiger partial charge in [-0.1, -0.05) is 6.07 Å². The maximum Gasteiger partial charge on any atom is 0.0888 e. The number of hydrogen-bond donors (Lipinski definition) is 1. The van der Waals surface area contributed by atoms with Crippen LogP contribution in [0, 0.1) is 0 Å². The number of hydrogen-bond acceptors (Lipinski definition) is 3. The van der Waals surface area contributed by atoms with Crippen molar-refractivity contribution in [2.75, 3.05) is 13.2 Å². The minimum Gasteiger partial charge on any atom is -0.374 e. The number of rotatable bonds is 4. The van der Waals surface area contributed by atoms with Gasteiger partial charge in [0.05, 0.1) is 18.9 Å². The van der Waals surface area contributed by atoms with Crippen molar-refractivity contribution < 1.29 is 4.74 Å². The van der Waals surface area contributed by atoms with Crippen molar-refractivity contribution in [3.63, 3.8) is 0 Å². The molecule has 1 aromatic rings. The maximum atomic E-state index is 5.58. The van der Waals surface area contributed by atoms with Gasteiger partial charge in [-0.05, 0) is 31.5 Å². The highest BCUT2D eigenvalue weighted by atomic mass is 16.5. The molecule has 0 unspecified atom stereocenters. The summed E-state index contributed by atoms with van der Waals surface area (Å²) >= 11 is 0. The Kier molecular flexibility index (Phi) is 3.49. The molecule has 0 spiro atoms. The summed E-state index contributed by atoms with van der Waals surface area (Å²) in [5.74, 6) is 0. The molecule has 1 aliphatic rings. The fourth-order valence-corrected chi connectivity index (χ4v) is 1.69. The Morgan fingerprint density at radius 2 is 2.50 bits per heavy atom. The van der Waals surface area contributed by atoms with Crippen LogP contribution in [0.4, 0.5) is 0 Å². The lowest BCUT2D eigenvalue weighted by Crippen LogP contribution is -2.26. The van der Waals surface area contributed by atoms with Crippen molar-refractivity contribution in [1.82, 2.24) is 10.3 Å². The van der Waals surface area contributed by atoms with Crippen LogP contribution in [0.1, 0.15) is 18.5 Å². The van der Waals surface area contributed by atoms with Crippen LogP contribution in [0.2, 0.25) is 0 Å². The third-order valence-electron chi connectivity index (χ3n) is 2.46. The highest BCUT2D eigenvalue weighted by Gasteiger charge is 2.13. The minimum absolute atomic E-state index is 0.554. The quantitative estimate of drug-likeness (QED) is 0.782. The van der Waals surface area contributed by atoms with E-state index in [2.05, 4.69) is 10.3 Å². The second kappa shape index (κ2) is 5.08. The molecule has 2 rings (SSSR count). The van der Waals surface area contributed by atoms with Gasteiger partial charge in [-0.2, -0.15) is 0 Å². The van der Waals surface area contributed by atoms with Crippen LogP contribution in [0.15, 0.2) is 24.4 Å². The summed E-state index contributed by atoms with van der Waals surface area (Å²) in [6, 6.07) is 6.45. The molecular formula is C11H16N2O. The predicted octanol–water partition coefficient (Wildman–Crippen LogP) is 1.35. The second-order valence-electron chi connectivity index (χ2n) is 3.63. The van der Waals surface area contributed by atoms with Gasteiger partial charge in [0.2, 0.25) is 0 Å². The van der Waals surface area contributed by atoms with Crippen molar-refractivity contribution in [3.05, 3.63) is 30.1 Å². The summed E-state index contributed by atoms with van der Waals surface area (Å²) in [5, 5.41) is 3.40. The standard InChI is InChI=1S/C11H16N2O/c1-2-6-12-10(4-1)8-14-9-11-5-3-7-13-11/h1-2,4,6,11,13H,3,5,7-9H2/t11-/m0/s1. The Bertz CT molecular complexity index is 257. The van der Waals surface area contributed by atoms with E-state index in [4.69, 9.17) is 4.74 Å². The first-order chi connectivity index (χ1) is 6.95. The van der Waals surface area contributed by atoms with Gasteiger partial charge in [0.25, 0.3) is 0 Å². The molecule has 0 bridgehead atoms. The van der Waals surface area contributed by atoms with E-state index in [1.54, 1.807) is 6.20 Å². The summed E-state index contributed by atoms with van der Waals surface area (Å²) in [4.78, 5) is 4.20. The lowest BCUT2D eigenvalue weighted by Gasteiger charge is -2.10. The molecule has 76 valence electrons.